The third kappa shape index (κ3) is 3.78. The minimum Gasteiger partial charge on any atom is -0.333 e. The van der Waals surface area contributed by atoms with E-state index in [0.717, 1.165) is 31.6 Å². The van der Waals surface area contributed by atoms with E-state index in [1.54, 1.807) is 17.0 Å². The van der Waals surface area contributed by atoms with Crippen molar-refractivity contribution in [3.63, 3.8) is 0 Å². The second kappa shape index (κ2) is 6.79. The summed E-state index contributed by atoms with van der Waals surface area (Å²) in [7, 11) is 0. The van der Waals surface area contributed by atoms with Gasteiger partial charge in [-0.3, -0.25) is 4.79 Å². The number of urea groups is 1. The minimum absolute atomic E-state index is 0.0323. The van der Waals surface area contributed by atoms with E-state index < -0.39 is 0 Å². The summed E-state index contributed by atoms with van der Waals surface area (Å²) in [6.07, 6.45) is 2.44. The zero-order valence-corrected chi connectivity index (χ0v) is 14.1. The summed E-state index contributed by atoms with van der Waals surface area (Å²) < 4.78 is 0. The van der Waals surface area contributed by atoms with Gasteiger partial charge < -0.3 is 15.1 Å². The van der Waals surface area contributed by atoms with Gasteiger partial charge in [0.1, 0.15) is 0 Å². The third-order valence-corrected chi connectivity index (χ3v) is 4.91. The Bertz CT molecular complexity index is 582. The monoisotopic (exact) mass is 335 g/mol. The summed E-state index contributed by atoms with van der Waals surface area (Å²) in [6.45, 7) is 4.33. The summed E-state index contributed by atoms with van der Waals surface area (Å²) >= 11 is 5.88. The lowest BCUT2D eigenvalue weighted by molar-refractivity contribution is -0.117. The molecule has 1 aromatic carbocycles. The van der Waals surface area contributed by atoms with Gasteiger partial charge in [0, 0.05) is 36.8 Å². The van der Waals surface area contributed by atoms with Crippen LogP contribution < -0.4 is 10.2 Å². The van der Waals surface area contributed by atoms with Crippen LogP contribution in [0.1, 0.15) is 26.2 Å². The highest BCUT2D eigenvalue weighted by molar-refractivity contribution is 6.30. The molecule has 0 radical (unpaired) electrons. The molecule has 2 fully saturated rings. The van der Waals surface area contributed by atoms with E-state index >= 15 is 0 Å². The SMILES string of the molecule is CC1CCN(C(=O)NC2CC(=O)N(c3ccc(Cl)cc3)C2)CC1. The largest absolute Gasteiger partial charge is 0.333 e. The molecule has 1 atom stereocenters. The number of likely N-dealkylation sites (tertiary alicyclic amines) is 1. The van der Waals surface area contributed by atoms with Gasteiger partial charge in [-0.1, -0.05) is 18.5 Å². The Morgan fingerprint density at radius 3 is 2.52 bits per heavy atom. The fraction of sp³-hybridized carbons (Fsp3) is 0.529. The summed E-state index contributed by atoms with van der Waals surface area (Å²) in [5, 5.41) is 3.65. The van der Waals surface area contributed by atoms with Crippen LogP contribution in [0.25, 0.3) is 0 Å². The first-order valence-corrected chi connectivity index (χ1v) is 8.52. The zero-order chi connectivity index (χ0) is 16.4. The Morgan fingerprint density at radius 1 is 1.22 bits per heavy atom. The molecule has 2 aliphatic rings. The van der Waals surface area contributed by atoms with Gasteiger partial charge in [-0.25, -0.2) is 4.79 Å². The topological polar surface area (TPSA) is 52.7 Å². The van der Waals surface area contributed by atoms with Crippen LogP contribution in [0.5, 0.6) is 0 Å². The minimum atomic E-state index is -0.134. The highest BCUT2D eigenvalue weighted by Gasteiger charge is 2.32. The van der Waals surface area contributed by atoms with Crippen LogP contribution in [0.4, 0.5) is 10.5 Å². The summed E-state index contributed by atoms with van der Waals surface area (Å²) in [5.74, 6) is 0.720. The molecule has 2 saturated heterocycles. The van der Waals surface area contributed by atoms with Crippen molar-refractivity contribution in [1.82, 2.24) is 10.2 Å². The van der Waals surface area contributed by atoms with Crippen molar-refractivity contribution < 1.29 is 9.59 Å². The Labute approximate surface area is 141 Å². The highest BCUT2D eigenvalue weighted by atomic mass is 35.5. The number of piperidine rings is 1. The van der Waals surface area contributed by atoms with Gasteiger partial charge in [0.2, 0.25) is 5.91 Å². The molecule has 1 unspecified atom stereocenters. The smallest absolute Gasteiger partial charge is 0.317 e. The van der Waals surface area contributed by atoms with Crippen LogP contribution in [0, 0.1) is 5.92 Å². The third-order valence-electron chi connectivity index (χ3n) is 4.66. The van der Waals surface area contributed by atoms with Crippen molar-refractivity contribution in [2.24, 2.45) is 5.92 Å². The molecule has 1 N–H and O–H groups in total. The Hall–Kier alpha value is -1.75. The summed E-state index contributed by atoms with van der Waals surface area (Å²) in [5.41, 5.74) is 0.822. The molecule has 0 saturated carbocycles. The van der Waals surface area contributed by atoms with E-state index in [2.05, 4.69) is 12.2 Å². The number of amides is 3. The predicted octanol–water partition coefficient (Wildman–Crippen LogP) is 2.89. The first kappa shape index (κ1) is 16.1. The lowest BCUT2D eigenvalue weighted by atomic mass is 10.00. The van der Waals surface area contributed by atoms with E-state index in [0.29, 0.717) is 23.9 Å². The number of hydrogen-bond donors (Lipinski definition) is 1. The van der Waals surface area contributed by atoms with E-state index in [1.165, 1.54) is 0 Å². The first-order chi connectivity index (χ1) is 11.0. The van der Waals surface area contributed by atoms with Crippen molar-refractivity contribution in [3.05, 3.63) is 29.3 Å². The highest BCUT2D eigenvalue weighted by Crippen LogP contribution is 2.24. The Balaban J connectivity index is 1.57. The fourth-order valence-electron chi connectivity index (χ4n) is 3.15. The lowest BCUT2D eigenvalue weighted by Crippen LogP contribution is -2.48. The first-order valence-electron chi connectivity index (χ1n) is 8.14. The second-order valence-electron chi connectivity index (χ2n) is 6.50. The van der Waals surface area contributed by atoms with Crippen LogP contribution >= 0.6 is 11.6 Å². The number of hydrogen-bond acceptors (Lipinski definition) is 2. The number of halogens is 1. The van der Waals surface area contributed by atoms with Gasteiger partial charge in [-0.2, -0.15) is 0 Å². The maximum Gasteiger partial charge on any atom is 0.317 e. The standard InChI is InChI=1S/C17H22ClN3O2/c1-12-6-8-20(9-7-12)17(23)19-14-10-16(22)21(11-14)15-4-2-13(18)3-5-15/h2-5,12,14H,6-11H2,1H3,(H,19,23). The lowest BCUT2D eigenvalue weighted by Gasteiger charge is -2.31. The molecule has 5 nitrogen and oxygen atoms in total. The van der Waals surface area contributed by atoms with Gasteiger partial charge in [0.05, 0.1) is 6.04 Å². The molecule has 0 aliphatic carbocycles. The van der Waals surface area contributed by atoms with Crippen LogP contribution in [-0.4, -0.2) is 42.5 Å². The Kier molecular flexibility index (Phi) is 4.76. The number of benzene rings is 1. The van der Waals surface area contributed by atoms with Crippen LogP contribution in [-0.2, 0) is 4.79 Å². The number of nitrogens with zero attached hydrogens (tertiary/aromatic N) is 2. The number of anilines is 1. The van der Waals surface area contributed by atoms with Crippen molar-refractivity contribution in [1.29, 1.82) is 0 Å². The van der Waals surface area contributed by atoms with Crippen LogP contribution in [0.15, 0.2) is 24.3 Å². The molecule has 2 heterocycles. The fourth-order valence-corrected chi connectivity index (χ4v) is 3.28. The van der Waals surface area contributed by atoms with Gasteiger partial charge in [-0.15, -0.1) is 0 Å². The Morgan fingerprint density at radius 2 is 1.87 bits per heavy atom. The van der Waals surface area contributed by atoms with Crippen molar-refractivity contribution in [2.45, 2.75) is 32.2 Å². The summed E-state index contributed by atoms with van der Waals surface area (Å²) in [6, 6.07) is 7.01. The van der Waals surface area contributed by atoms with Gasteiger partial charge in [-0.05, 0) is 43.0 Å². The molecule has 23 heavy (non-hydrogen) atoms. The normalized spacial score (nSPS) is 22.5. The molecule has 3 amide bonds. The molecule has 3 rings (SSSR count). The summed E-state index contributed by atoms with van der Waals surface area (Å²) in [4.78, 5) is 28.1. The molecule has 124 valence electrons. The van der Waals surface area contributed by atoms with Crippen molar-refractivity contribution >= 4 is 29.2 Å². The number of nitrogens with one attached hydrogen (secondary N) is 1. The van der Waals surface area contributed by atoms with E-state index in [9.17, 15) is 9.59 Å². The van der Waals surface area contributed by atoms with E-state index in [4.69, 9.17) is 11.6 Å². The predicted molar refractivity (Wildman–Crippen MR) is 90.7 cm³/mol. The maximum atomic E-state index is 12.3. The van der Waals surface area contributed by atoms with E-state index in [1.807, 2.05) is 17.0 Å². The number of carbonyl (C=O) groups is 2. The van der Waals surface area contributed by atoms with E-state index in [-0.39, 0.29) is 18.0 Å². The molecule has 6 heteroatoms. The van der Waals surface area contributed by atoms with Gasteiger partial charge >= 0.3 is 6.03 Å². The molecule has 2 aliphatic heterocycles. The molecule has 0 bridgehead atoms. The second-order valence-corrected chi connectivity index (χ2v) is 6.94. The average Bonchev–Trinajstić information content (AvgIpc) is 2.89. The van der Waals surface area contributed by atoms with Gasteiger partial charge in [0.15, 0.2) is 0 Å². The number of rotatable bonds is 2. The molecular formula is C17H22ClN3O2. The zero-order valence-electron chi connectivity index (χ0n) is 13.3. The molecule has 0 aromatic heterocycles. The molecular weight excluding hydrogens is 314 g/mol. The van der Waals surface area contributed by atoms with Crippen molar-refractivity contribution in [2.75, 3.05) is 24.5 Å². The quantitative estimate of drug-likeness (QED) is 0.903. The average molecular weight is 336 g/mol. The van der Waals surface area contributed by atoms with Crippen LogP contribution in [0.2, 0.25) is 5.02 Å². The molecule has 1 aromatic rings. The van der Waals surface area contributed by atoms with Crippen molar-refractivity contribution in [3.8, 4) is 0 Å². The maximum absolute atomic E-state index is 12.3. The number of carbonyl (C=O) groups excluding carboxylic acids is 2. The molecule has 0 spiro atoms. The van der Waals surface area contributed by atoms with Crippen LogP contribution in [0.3, 0.4) is 0 Å². The van der Waals surface area contributed by atoms with Gasteiger partial charge in [0.25, 0.3) is 0 Å².